The molecule has 3 heteroatoms. The van der Waals surface area contributed by atoms with E-state index in [4.69, 9.17) is 22.1 Å². The highest BCUT2D eigenvalue weighted by Gasteiger charge is 2.14. The third-order valence-electron chi connectivity index (χ3n) is 3.99. The van der Waals surface area contributed by atoms with E-state index in [0.717, 1.165) is 12.2 Å². The molecule has 1 atom stereocenters. The van der Waals surface area contributed by atoms with E-state index in [1.54, 1.807) is 0 Å². The van der Waals surface area contributed by atoms with E-state index in [1.807, 2.05) is 26.0 Å². The maximum absolute atomic E-state index is 6.34. The number of hydrogen-bond donors (Lipinski definition) is 1. The van der Waals surface area contributed by atoms with Gasteiger partial charge in [-0.15, -0.1) is 0 Å². The quantitative estimate of drug-likeness (QED) is 0.805. The van der Waals surface area contributed by atoms with Gasteiger partial charge in [0.15, 0.2) is 0 Å². The second-order valence-electron chi connectivity index (χ2n) is 6.43. The number of ether oxygens (including phenoxy) is 1. The van der Waals surface area contributed by atoms with Crippen molar-refractivity contribution >= 4 is 11.6 Å². The van der Waals surface area contributed by atoms with Gasteiger partial charge in [0, 0.05) is 5.92 Å². The average molecular weight is 332 g/mol. The van der Waals surface area contributed by atoms with Crippen LogP contribution >= 0.6 is 11.6 Å². The molecule has 2 rings (SSSR count). The smallest absolute Gasteiger partial charge is 0.138 e. The SMILES string of the molecule is Cc1ccc(C(CN)Cc2ccc(OC(C)C)c(Cl)c2)c(C)c1. The molecule has 0 radical (unpaired) electrons. The monoisotopic (exact) mass is 331 g/mol. The van der Waals surface area contributed by atoms with E-state index in [1.165, 1.54) is 22.3 Å². The molecule has 0 heterocycles. The molecule has 0 spiro atoms. The van der Waals surface area contributed by atoms with Crippen molar-refractivity contribution in [2.45, 2.75) is 46.1 Å². The zero-order valence-electron chi connectivity index (χ0n) is 14.4. The zero-order valence-corrected chi connectivity index (χ0v) is 15.2. The van der Waals surface area contributed by atoms with Gasteiger partial charge in [0.1, 0.15) is 5.75 Å². The van der Waals surface area contributed by atoms with Crippen LogP contribution < -0.4 is 10.5 Å². The minimum atomic E-state index is 0.116. The third-order valence-corrected chi connectivity index (χ3v) is 4.29. The van der Waals surface area contributed by atoms with Gasteiger partial charge in [0.25, 0.3) is 0 Å². The Hall–Kier alpha value is -1.51. The molecule has 124 valence electrons. The first-order chi connectivity index (χ1) is 10.9. The van der Waals surface area contributed by atoms with Crippen LogP contribution in [0.25, 0.3) is 0 Å². The second kappa shape index (κ2) is 7.85. The summed E-state index contributed by atoms with van der Waals surface area (Å²) in [5, 5.41) is 0.660. The van der Waals surface area contributed by atoms with E-state index in [2.05, 4.69) is 38.1 Å². The van der Waals surface area contributed by atoms with Crippen LogP contribution in [0.1, 0.15) is 42.0 Å². The Bertz CT molecular complexity index is 667. The summed E-state index contributed by atoms with van der Waals surface area (Å²) >= 11 is 6.34. The lowest BCUT2D eigenvalue weighted by molar-refractivity contribution is 0.242. The van der Waals surface area contributed by atoms with Crippen LogP contribution in [0.15, 0.2) is 36.4 Å². The van der Waals surface area contributed by atoms with Crippen LogP contribution in [0.2, 0.25) is 5.02 Å². The van der Waals surface area contributed by atoms with Crippen LogP contribution in [0.4, 0.5) is 0 Å². The minimum Gasteiger partial charge on any atom is -0.489 e. The van der Waals surface area contributed by atoms with Gasteiger partial charge in [0.2, 0.25) is 0 Å². The fourth-order valence-corrected chi connectivity index (χ4v) is 3.16. The lowest BCUT2D eigenvalue weighted by Gasteiger charge is -2.19. The van der Waals surface area contributed by atoms with Crippen molar-refractivity contribution in [2.24, 2.45) is 5.73 Å². The molecule has 0 bridgehead atoms. The third kappa shape index (κ3) is 4.73. The first-order valence-electron chi connectivity index (χ1n) is 8.13. The summed E-state index contributed by atoms with van der Waals surface area (Å²) < 4.78 is 5.69. The number of nitrogens with two attached hydrogens (primary N) is 1. The Morgan fingerprint density at radius 2 is 1.83 bits per heavy atom. The highest BCUT2D eigenvalue weighted by Crippen LogP contribution is 2.30. The van der Waals surface area contributed by atoms with Gasteiger partial charge < -0.3 is 10.5 Å². The van der Waals surface area contributed by atoms with Crippen LogP contribution in [0.3, 0.4) is 0 Å². The fraction of sp³-hybridized carbons (Fsp3) is 0.400. The molecule has 0 saturated heterocycles. The number of aryl methyl sites for hydroxylation is 2. The lowest BCUT2D eigenvalue weighted by atomic mass is 9.88. The summed E-state index contributed by atoms with van der Waals surface area (Å²) in [6, 6.07) is 12.6. The molecule has 0 amide bonds. The number of halogens is 1. The summed E-state index contributed by atoms with van der Waals surface area (Å²) in [7, 11) is 0. The highest BCUT2D eigenvalue weighted by molar-refractivity contribution is 6.32. The van der Waals surface area contributed by atoms with E-state index in [9.17, 15) is 0 Å². The highest BCUT2D eigenvalue weighted by atomic mass is 35.5. The van der Waals surface area contributed by atoms with Crippen molar-refractivity contribution in [3.63, 3.8) is 0 Å². The fourth-order valence-electron chi connectivity index (χ4n) is 2.91. The second-order valence-corrected chi connectivity index (χ2v) is 6.84. The first kappa shape index (κ1) is 17.8. The molecule has 0 aliphatic heterocycles. The normalized spacial score (nSPS) is 12.5. The van der Waals surface area contributed by atoms with E-state index in [-0.39, 0.29) is 6.10 Å². The van der Waals surface area contributed by atoms with Crippen LogP contribution in [-0.2, 0) is 6.42 Å². The molecular formula is C20H26ClNO. The van der Waals surface area contributed by atoms with Crippen molar-refractivity contribution < 1.29 is 4.74 Å². The van der Waals surface area contributed by atoms with Crippen molar-refractivity contribution in [3.8, 4) is 5.75 Å². The maximum Gasteiger partial charge on any atom is 0.138 e. The largest absolute Gasteiger partial charge is 0.489 e. The maximum atomic E-state index is 6.34. The predicted molar refractivity (Wildman–Crippen MR) is 98.6 cm³/mol. The van der Waals surface area contributed by atoms with Gasteiger partial charge in [-0.05, 0) is 69.5 Å². The summed E-state index contributed by atoms with van der Waals surface area (Å²) in [6.45, 7) is 8.87. The van der Waals surface area contributed by atoms with Gasteiger partial charge in [0.05, 0.1) is 11.1 Å². The Morgan fingerprint density at radius 1 is 1.09 bits per heavy atom. The Kier molecular flexibility index (Phi) is 6.09. The molecule has 2 N–H and O–H groups in total. The topological polar surface area (TPSA) is 35.2 Å². The van der Waals surface area contributed by atoms with Crippen LogP contribution in [0, 0.1) is 13.8 Å². The zero-order chi connectivity index (χ0) is 17.0. The molecule has 1 unspecified atom stereocenters. The first-order valence-corrected chi connectivity index (χ1v) is 8.50. The lowest BCUT2D eigenvalue weighted by Crippen LogP contribution is -2.16. The number of benzene rings is 2. The van der Waals surface area contributed by atoms with Gasteiger partial charge >= 0.3 is 0 Å². The van der Waals surface area contributed by atoms with Crippen molar-refractivity contribution in [1.82, 2.24) is 0 Å². The molecule has 2 aromatic carbocycles. The Morgan fingerprint density at radius 3 is 2.39 bits per heavy atom. The van der Waals surface area contributed by atoms with E-state index >= 15 is 0 Å². The molecule has 2 aromatic rings. The molecular weight excluding hydrogens is 306 g/mol. The van der Waals surface area contributed by atoms with Crippen LogP contribution in [-0.4, -0.2) is 12.6 Å². The van der Waals surface area contributed by atoms with Crippen molar-refractivity contribution in [1.29, 1.82) is 0 Å². The van der Waals surface area contributed by atoms with E-state index < -0.39 is 0 Å². The minimum absolute atomic E-state index is 0.116. The summed E-state index contributed by atoms with van der Waals surface area (Å²) in [4.78, 5) is 0. The standard InChI is InChI=1S/C20H26ClNO/c1-13(2)23-20-8-6-16(11-19(20)21)10-17(12-22)18-7-5-14(3)9-15(18)4/h5-9,11,13,17H,10,12,22H2,1-4H3. The molecule has 2 nitrogen and oxygen atoms in total. The van der Waals surface area contributed by atoms with Gasteiger partial charge in [-0.3, -0.25) is 0 Å². The molecule has 0 fully saturated rings. The van der Waals surface area contributed by atoms with Crippen molar-refractivity contribution in [3.05, 3.63) is 63.7 Å². The molecule has 0 saturated carbocycles. The van der Waals surface area contributed by atoms with Gasteiger partial charge in [-0.25, -0.2) is 0 Å². The Balaban J connectivity index is 2.20. The molecule has 23 heavy (non-hydrogen) atoms. The van der Waals surface area contributed by atoms with E-state index in [0.29, 0.717) is 17.5 Å². The number of hydrogen-bond acceptors (Lipinski definition) is 2. The summed E-state index contributed by atoms with van der Waals surface area (Å²) in [6.07, 6.45) is 0.993. The molecule has 0 aliphatic carbocycles. The van der Waals surface area contributed by atoms with Gasteiger partial charge in [-0.1, -0.05) is 41.4 Å². The van der Waals surface area contributed by atoms with Crippen LogP contribution in [0.5, 0.6) is 5.75 Å². The van der Waals surface area contributed by atoms with Crippen molar-refractivity contribution in [2.75, 3.05) is 6.54 Å². The van der Waals surface area contributed by atoms with Gasteiger partial charge in [-0.2, -0.15) is 0 Å². The molecule has 0 aromatic heterocycles. The summed E-state index contributed by atoms with van der Waals surface area (Å²) in [5.74, 6) is 1.03. The Labute approximate surface area is 144 Å². The predicted octanol–water partition coefficient (Wildman–Crippen LogP) is 5.03. The molecule has 0 aliphatic rings. The number of rotatable bonds is 6. The summed E-state index contributed by atoms with van der Waals surface area (Å²) in [5.41, 5.74) is 11.1. The average Bonchev–Trinajstić information content (AvgIpc) is 2.48.